The van der Waals surface area contributed by atoms with Crippen LogP contribution in [0, 0.1) is 0 Å². The smallest absolute Gasteiger partial charge is 0.178 e. The third-order valence-electron chi connectivity index (χ3n) is 14.5. The zero-order valence-electron chi connectivity index (χ0n) is 42.9. The van der Waals surface area contributed by atoms with Crippen LogP contribution in [0.5, 0.6) is 0 Å². The first-order valence-electron chi connectivity index (χ1n) is 24.9. The van der Waals surface area contributed by atoms with Crippen molar-refractivity contribution in [3.63, 3.8) is 0 Å². The fraction of sp³-hybridized carbons (Fsp3) is 0.242. The Bertz CT molecular complexity index is 3400. The number of hydrogen-bond donors (Lipinski definition) is 0. The normalized spacial score (nSPS) is 12.9. The number of fused-ring (bicyclic) bond motifs is 11. The van der Waals surface area contributed by atoms with Crippen LogP contribution in [0.1, 0.15) is 105 Å². The average Bonchev–Trinajstić information content (AvgIpc) is 3.90. The number of rotatable bonds is 6. The molecule has 0 radical (unpaired) electrons. The number of furan rings is 2. The lowest BCUT2D eigenvalue weighted by molar-refractivity contribution is 0.590. The molecule has 0 unspecified atom stereocenters. The van der Waals surface area contributed by atoms with E-state index in [1.165, 1.54) is 22.3 Å². The van der Waals surface area contributed by atoms with Crippen LogP contribution in [-0.2, 0) is 21.7 Å². The second-order valence-electron chi connectivity index (χ2n) is 23.5. The van der Waals surface area contributed by atoms with E-state index in [-0.39, 0.29) is 21.7 Å². The summed E-state index contributed by atoms with van der Waals surface area (Å²) in [5.41, 5.74) is 14.9. The quantitative estimate of drug-likeness (QED) is 0.166. The van der Waals surface area contributed by atoms with Gasteiger partial charge >= 0.3 is 0 Å². The van der Waals surface area contributed by atoms with Gasteiger partial charge in [0.05, 0.1) is 11.4 Å². The van der Waals surface area contributed by atoms with E-state index in [0.717, 1.165) is 99.5 Å². The van der Waals surface area contributed by atoms with Gasteiger partial charge in [0, 0.05) is 67.2 Å². The Labute approximate surface area is 413 Å². The molecule has 0 fully saturated rings. The maximum atomic E-state index is 7.17. The summed E-state index contributed by atoms with van der Waals surface area (Å²) in [6.45, 7) is 27.2. The molecule has 0 saturated heterocycles. The van der Waals surface area contributed by atoms with Crippen LogP contribution in [0.4, 0.5) is 34.1 Å². The Morgan fingerprint density at radius 2 is 0.543 bits per heavy atom. The van der Waals surface area contributed by atoms with Crippen LogP contribution in [0.25, 0.3) is 65.4 Å². The topological polar surface area (TPSA) is 32.8 Å². The van der Waals surface area contributed by atoms with E-state index in [9.17, 15) is 0 Å². The van der Waals surface area contributed by atoms with E-state index in [1.54, 1.807) is 0 Å². The SMILES string of the molecule is CC(C)(C)c1ccc(N(c2ccc(C(C)(C)C)cc2)c2cc3oc4c(ccc5c4oc4cc(N(c6ccc(C(C)(C)C)cc6)c6ccc(C(C)(C)C)cc6)c6ccccc6c45)c3c3ccccc23)cc1. The third-order valence-corrected chi connectivity index (χ3v) is 14.5. The highest BCUT2D eigenvalue weighted by Gasteiger charge is 2.27. The summed E-state index contributed by atoms with van der Waals surface area (Å²) < 4.78 is 14.3. The van der Waals surface area contributed by atoms with Gasteiger partial charge in [0.2, 0.25) is 0 Å². The summed E-state index contributed by atoms with van der Waals surface area (Å²) in [6.07, 6.45) is 0. The molecule has 0 bridgehead atoms. The second kappa shape index (κ2) is 16.1. The average molecular weight is 917 g/mol. The Morgan fingerprint density at radius 3 is 0.800 bits per heavy atom. The fourth-order valence-electron chi connectivity index (χ4n) is 10.4. The zero-order chi connectivity index (χ0) is 49.1. The molecule has 0 saturated carbocycles. The van der Waals surface area contributed by atoms with Crippen LogP contribution in [0.3, 0.4) is 0 Å². The predicted octanol–water partition coefficient (Wildman–Crippen LogP) is 19.9. The summed E-state index contributed by atoms with van der Waals surface area (Å²) in [6, 6.07) is 62.7. The fourth-order valence-corrected chi connectivity index (χ4v) is 10.4. The van der Waals surface area contributed by atoms with Crippen molar-refractivity contribution in [3.05, 3.63) is 192 Å². The maximum Gasteiger partial charge on any atom is 0.178 e. The Balaban J connectivity index is 1.13. The number of anilines is 6. The van der Waals surface area contributed by atoms with E-state index in [2.05, 4.69) is 263 Å². The van der Waals surface area contributed by atoms with Gasteiger partial charge in [-0.05, 0) is 115 Å². The highest BCUT2D eigenvalue weighted by Crippen LogP contribution is 2.50. The lowest BCUT2D eigenvalue weighted by Gasteiger charge is -2.29. The largest absolute Gasteiger partial charge is 0.452 e. The molecule has 0 amide bonds. The van der Waals surface area contributed by atoms with Gasteiger partial charge in [-0.2, -0.15) is 0 Å². The highest BCUT2D eigenvalue weighted by molar-refractivity contribution is 6.29. The van der Waals surface area contributed by atoms with Crippen molar-refractivity contribution >= 4 is 99.5 Å². The Hall–Kier alpha value is -7.30. The van der Waals surface area contributed by atoms with Crippen molar-refractivity contribution in [1.82, 2.24) is 0 Å². The predicted molar refractivity (Wildman–Crippen MR) is 300 cm³/mol. The molecule has 0 atom stereocenters. The third kappa shape index (κ3) is 7.69. The molecule has 0 N–H and O–H groups in total. The monoisotopic (exact) mass is 916 g/mol. The molecule has 350 valence electrons. The van der Waals surface area contributed by atoms with Crippen molar-refractivity contribution in [2.24, 2.45) is 0 Å². The molecule has 2 aromatic heterocycles. The van der Waals surface area contributed by atoms with Gasteiger partial charge in [-0.25, -0.2) is 0 Å². The van der Waals surface area contributed by atoms with Gasteiger partial charge in [-0.3, -0.25) is 0 Å². The van der Waals surface area contributed by atoms with Gasteiger partial charge in [-0.15, -0.1) is 0 Å². The Kier molecular flexibility index (Phi) is 10.4. The molecule has 4 nitrogen and oxygen atoms in total. The summed E-state index contributed by atoms with van der Waals surface area (Å²) >= 11 is 0. The molecular formula is C66H64N2O2. The molecular weight excluding hydrogens is 853 g/mol. The van der Waals surface area contributed by atoms with Gasteiger partial charge in [0.25, 0.3) is 0 Å². The first-order chi connectivity index (χ1) is 33.2. The summed E-state index contributed by atoms with van der Waals surface area (Å²) in [4.78, 5) is 4.77. The van der Waals surface area contributed by atoms with E-state index in [4.69, 9.17) is 8.83 Å². The number of benzene rings is 9. The molecule has 9 aromatic carbocycles. The standard InChI is InChI=1S/C66H64N2O2/c1-63(2,3)41-21-29-45(30-22-41)67(46-31-23-42(24-32-46)64(4,5)6)55-39-57-59(51-19-15-13-17-49(51)55)53-37-38-54-60-52-20-16-14-18-50(52)56(40-58(60)70-62(54)61(53)69-57)68(47-33-25-43(26-34-47)65(7,8)9)48-35-27-44(28-36-48)66(10,11)12/h13-40H,1-12H3. The molecule has 4 heteroatoms. The van der Waals surface area contributed by atoms with Crippen molar-refractivity contribution in [2.45, 2.75) is 105 Å². The number of nitrogens with zero attached hydrogens (tertiary/aromatic N) is 2. The first kappa shape index (κ1) is 45.2. The highest BCUT2D eigenvalue weighted by atomic mass is 16.4. The summed E-state index contributed by atoms with van der Waals surface area (Å²) in [5.74, 6) is 0. The second-order valence-corrected chi connectivity index (χ2v) is 23.5. The van der Waals surface area contributed by atoms with E-state index < -0.39 is 0 Å². The lowest BCUT2D eigenvalue weighted by atomic mass is 9.86. The molecule has 11 aromatic rings. The lowest BCUT2D eigenvalue weighted by Crippen LogP contribution is -2.14. The summed E-state index contributed by atoms with van der Waals surface area (Å²) in [5, 5.41) is 8.77. The van der Waals surface area contributed by atoms with Crippen molar-refractivity contribution in [2.75, 3.05) is 9.80 Å². The van der Waals surface area contributed by atoms with Crippen molar-refractivity contribution in [3.8, 4) is 0 Å². The van der Waals surface area contributed by atoms with Gasteiger partial charge in [-0.1, -0.05) is 180 Å². The van der Waals surface area contributed by atoms with Gasteiger partial charge in [0.1, 0.15) is 11.2 Å². The molecule has 2 heterocycles. The zero-order valence-corrected chi connectivity index (χ0v) is 42.9. The van der Waals surface area contributed by atoms with Crippen LogP contribution in [0.15, 0.2) is 179 Å². The van der Waals surface area contributed by atoms with Crippen LogP contribution < -0.4 is 9.80 Å². The van der Waals surface area contributed by atoms with Crippen LogP contribution in [0.2, 0.25) is 0 Å². The van der Waals surface area contributed by atoms with E-state index in [0.29, 0.717) is 0 Å². The van der Waals surface area contributed by atoms with Gasteiger partial charge < -0.3 is 18.6 Å². The molecule has 11 rings (SSSR count). The number of hydrogen-bond acceptors (Lipinski definition) is 4. The molecule has 0 aliphatic carbocycles. The molecule has 0 spiro atoms. The molecule has 0 aliphatic heterocycles. The summed E-state index contributed by atoms with van der Waals surface area (Å²) in [7, 11) is 0. The Morgan fingerprint density at radius 1 is 0.286 bits per heavy atom. The van der Waals surface area contributed by atoms with Crippen LogP contribution >= 0.6 is 0 Å². The van der Waals surface area contributed by atoms with Crippen LogP contribution in [-0.4, -0.2) is 0 Å². The van der Waals surface area contributed by atoms with Crippen molar-refractivity contribution in [1.29, 1.82) is 0 Å². The minimum absolute atomic E-state index is 0.0313. The van der Waals surface area contributed by atoms with Gasteiger partial charge in [0.15, 0.2) is 11.2 Å². The first-order valence-corrected chi connectivity index (χ1v) is 24.9. The van der Waals surface area contributed by atoms with E-state index >= 15 is 0 Å². The molecule has 70 heavy (non-hydrogen) atoms. The minimum atomic E-state index is 0.0313. The van der Waals surface area contributed by atoms with E-state index in [1.807, 2.05) is 0 Å². The molecule has 0 aliphatic rings. The minimum Gasteiger partial charge on any atom is -0.452 e. The van der Waals surface area contributed by atoms with Crippen molar-refractivity contribution < 1.29 is 8.83 Å². The maximum absolute atomic E-state index is 7.17.